The van der Waals surface area contributed by atoms with E-state index in [1.807, 2.05) is 6.07 Å². The van der Waals surface area contributed by atoms with E-state index in [9.17, 15) is 9.59 Å². The summed E-state index contributed by atoms with van der Waals surface area (Å²) in [4.78, 5) is 27.2. The van der Waals surface area contributed by atoms with Gasteiger partial charge in [0.15, 0.2) is 0 Å². The van der Waals surface area contributed by atoms with Gasteiger partial charge in [-0.25, -0.2) is 0 Å². The summed E-state index contributed by atoms with van der Waals surface area (Å²) in [5, 5.41) is 0. The fourth-order valence-corrected chi connectivity index (χ4v) is 2.49. The fraction of sp³-hybridized carbons (Fsp3) is 0.273. The maximum Gasteiger partial charge on any atom is 0.256 e. The van der Waals surface area contributed by atoms with Gasteiger partial charge in [0.1, 0.15) is 0 Å². The van der Waals surface area contributed by atoms with Gasteiger partial charge in [-0.05, 0) is 34.7 Å². The Morgan fingerprint density at radius 1 is 1.12 bits per heavy atom. The van der Waals surface area contributed by atoms with Gasteiger partial charge in [0.2, 0.25) is 0 Å². The Hall–Kier alpha value is -1.11. The quantitative estimate of drug-likeness (QED) is 0.675. The number of benzene rings is 1. The maximum atomic E-state index is 12.1. The Balaban J connectivity index is 2.67. The molecular formula is C11H11IN2O2. The van der Waals surface area contributed by atoms with Crippen LogP contribution in [0.3, 0.4) is 0 Å². The first-order valence-electron chi connectivity index (χ1n) is 4.82. The Labute approximate surface area is 107 Å². The number of amides is 2. The van der Waals surface area contributed by atoms with Gasteiger partial charge in [0.25, 0.3) is 11.8 Å². The molecule has 2 amide bonds. The molecule has 1 aliphatic rings. The topological polar surface area (TPSA) is 40.6 Å². The molecule has 4 nitrogen and oxygen atoms in total. The third kappa shape index (κ3) is 1.68. The van der Waals surface area contributed by atoms with Crippen molar-refractivity contribution in [3.05, 3.63) is 32.9 Å². The van der Waals surface area contributed by atoms with E-state index >= 15 is 0 Å². The summed E-state index contributed by atoms with van der Waals surface area (Å²) in [5.41, 5.74) is 1.00. The van der Waals surface area contributed by atoms with E-state index in [4.69, 9.17) is 0 Å². The molecule has 1 heterocycles. The molecule has 0 bridgehead atoms. The highest BCUT2D eigenvalue weighted by Gasteiger charge is 2.29. The molecule has 0 N–H and O–H groups in total. The van der Waals surface area contributed by atoms with Crippen LogP contribution in [0, 0.1) is 3.57 Å². The number of fused-ring (bicyclic) bond motifs is 1. The lowest BCUT2D eigenvalue weighted by atomic mass is 10.1. The third-order valence-electron chi connectivity index (χ3n) is 2.58. The highest BCUT2D eigenvalue weighted by Crippen LogP contribution is 2.22. The van der Waals surface area contributed by atoms with Crippen LogP contribution in [0.1, 0.15) is 20.7 Å². The Morgan fingerprint density at radius 2 is 1.75 bits per heavy atom. The highest BCUT2D eigenvalue weighted by atomic mass is 127. The van der Waals surface area contributed by atoms with Crippen molar-refractivity contribution < 1.29 is 9.59 Å². The molecule has 1 aliphatic heterocycles. The fourth-order valence-electron chi connectivity index (χ4n) is 1.76. The Kier molecular flexibility index (Phi) is 2.88. The van der Waals surface area contributed by atoms with Gasteiger partial charge in [0, 0.05) is 17.7 Å². The van der Waals surface area contributed by atoms with Gasteiger partial charge in [-0.1, -0.05) is 6.07 Å². The smallest absolute Gasteiger partial charge is 0.256 e. The standard InChI is InChI=1S/C11H11IN2O2/c1-13-6-14(2)11(16)9-7(10(13)15)4-3-5-8(9)12/h3-5H,6H2,1-2H3. The minimum atomic E-state index is -0.105. The SMILES string of the molecule is CN1CN(C)C(=O)c2c(I)cccc2C1=O. The predicted molar refractivity (Wildman–Crippen MR) is 68.2 cm³/mol. The molecule has 0 unspecified atom stereocenters. The number of rotatable bonds is 0. The van der Waals surface area contributed by atoms with Crippen LogP contribution in [0.25, 0.3) is 0 Å². The molecule has 0 saturated carbocycles. The second-order valence-corrected chi connectivity index (χ2v) is 4.97. The molecular weight excluding hydrogens is 319 g/mol. The van der Waals surface area contributed by atoms with Crippen molar-refractivity contribution in [2.75, 3.05) is 20.8 Å². The van der Waals surface area contributed by atoms with E-state index in [1.54, 1.807) is 36.0 Å². The van der Waals surface area contributed by atoms with Gasteiger partial charge in [0.05, 0.1) is 17.8 Å². The van der Waals surface area contributed by atoms with Crippen molar-refractivity contribution in [3.63, 3.8) is 0 Å². The normalized spacial score (nSPS) is 16.2. The number of halogens is 1. The highest BCUT2D eigenvalue weighted by molar-refractivity contribution is 14.1. The Bertz CT molecular complexity index is 473. The van der Waals surface area contributed by atoms with Crippen LogP contribution in [0.4, 0.5) is 0 Å². The third-order valence-corrected chi connectivity index (χ3v) is 3.47. The molecule has 0 fully saturated rings. The summed E-state index contributed by atoms with van der Waals surface area (Å²) in [6, 6.07) is 5.34. The van der Waals surface area contributed by atoms with Crippen molar-refractivity contribution >= 4 is 34.4 Å². The first-order chi connectivity index (χ1) is 7.52. The van der Waals surface area contributed by atoms with E-state index in [2.05, 4.69) is 22.6 Å². The van der Waals surface area contributed by atoms with E-state index < -0.39 is 0 Å². The second-order valence-electron chi connectivity index (χ2n) is 3.81. The molecule has 16 heavy (non-hydrogen) atoms. The van der Waals surface area contributed by atoms with E-state index in [-0.39, 0.29) is 11.8 Å². The molecule has 2 rings (SSSR count). The van der Waals surface area contributed by atoms with E-state index in [0.717, 1.165) is 3.57 Å². The van der Waals surface area contributed by atoms with Crippen LogP contribution in [-0.4, -0.2) is 42.4 Å². The lowest BCUT2D eigenvalue weighted by Gasteiger charge is -2.20. The lowest BCUT2D eigenvalue weighted by molar-refractivity contribution is 0.0652. The molecule has 0 spiro atoms. The zero-order valence-electron chi connectivity index (χ0n) is 9.03. The van der Waals surface area contributed by atoms with Crippen LogP contribution < -0.4 is 0 Å². The molecule has 5 heteroatoms. The van der Waals surface area contributed by atoms with Gasteiger partial charge >= 0.3 is 0 Å². The van der Waals surface area contributed by atoms with Gasteiger partial charge in [-0.15, -0.1) is 0 Å². The zero-order chi connectivity index (χ0) is 11.9. The van der Waals surface area contributed by atoms with Crippen molar-refractivity contribution in [1.29, 1.82) is 0 Å². The van der Waals surface area contributed by atoms with Gasteiger partial charge in [-0.3, -0.25) is 9.59 Å². The molecule has 1 aromatic carbocycles. The summed E-state index contributed by atoms with van der Waals surface area (Å²) < 4.78 is 0.815. The van der Waals surface area contributed by atoms with Crippen LogP contribution in [0.5, 0.6) is 0 Å². The first-order valence-corrected chi connectivity index (χ1v) is 5.89. The average molecular weight is 330 g/mol. The zero-order valence-corrected chi connectivity index (χ0v) is 11.2. The predicted octanol–water partition coefficient (Wildman–Crippen LogP) is 1.41. The van der Waals surface area contributed by atoms with E-state index in [0.29, 0.717) is 17.8 Å². The van der Waals surface area contributed by atoms with Crippen molar-refractivity contribution in [2.45, 2.75) is 0 Å². The first kappa shape index (κ1) is 11.4. The van der Waals surface area contributed by atoms with Crippen LogP contribution in [0.2, 0.25) is 0 Å². The summed E-state index contributed by atoms with van der Waals surface area (Å²) >= 11 is 2.08. The molecule has 1 aromatic rings. The van der Waals surface area contributed by atoms with Gasteiger partial charge in [-0.2, -0.15) is 0 Å². The molecule has 0 radical (unpaired) electrons. The van der Waals surface area contributed by atoms with Crippen LogP contribution in [-0.2, 0) is 0 Å². The van der Waals surface area contributed by atoms with Crippen molar-refractivity contribution in [2.24, 2.45) is 0 Å². The minimum absolute atomic E-state index is 0.0994. The Morgan fingerprint density at radius 3 is 2.44 bits per heavy atom. The lowest BCUT2D eigenvalue weighted by Crippen LogP contribution is -2.36. The monoisotopic (exact) mass is 330 g/mol. The van der Waals surface area contributed by atoms with Gasteiger partial charge < -0.3 is 9.80 Å². The molecule has 0 aliphatic carbocycles. The molecule has 0 aromatic heterocycles. The number of nitrogens with zero attached hydrogens (tertiary/aromatic N) is 2. The summed E-state index contributed by atoms with van der Waals surface area (Å²) in [6.45, 7) is 0.322. The number of carbonyl (C=O) groups is 2. The van der Waals surface area contributed by atoms with Crippen molar-refractivity contribution in [1.82, 2.24) is 9.80 Å². The second kappa shape index (κ2) is 4.04. The average Bonchev–Trinajstić information content (AvgIpc) is 2.32. The van der Waals surface area contributed by atoms with Crippen LogP contribution >= 0.6 is 22.6 Å². The number of carbonyl (C=O) groups excluding carboxylic acids is 2. The molecule has 84 valence electrons. The largest absolute Gasteiger partial charge is 0.324 e. The summed E-state index contributed by atoms with van der Waals surface area (Å²) in [7, 11) is 3.39. The van der Waals surface area contributed by atoms with Crippen LogP contribution in [0.15, 0.2) is 18.2 Å². The molecule has 0 saturated heterocycles. The number of hydrogen-bond acceptors (Lipinski definition) is 2. The molecule has 0 atom stereocenters. The minimum Gasteiger partial charge on any atom is -0.324 e. The number of hydrogen-bond donors (Lipinski definition) is 0. The maximum absolute atomic E-state index is 12.1. The summed E-state index contributed by atoms with van der Waals surface area (Å²) in [5.74, 6) is -0.205. The summed E-state index contributed by atoms with van der Waals surface area (Å²) in [6.07, 6.45) is 0. The van der Waals surface area contributed by atoms with E-state index in [1.165, 1.54) is 0 Å². The van der Waals surface area contributed by atoms with Crippen molar-refractivity contribution in [3.8, 4) is 0 Å².